The molecule has 4 rings (SSSR count). The van der Waals surface area contributed by atoms with Crippen molar-refractivity contribution < 1.29 is 14.3 Å². The van der Waals surface area contributed by atoms with Crippen LogP contribution in [-0.2, 0) is 11.3 Å². The van der Waals surface area contributed by atoms with Gasteiger partial charge in [0.15, 0.2) is 0 Å². The molecule has 1 aromatic carbocycles. The first kappa shape index (κ1) is 20.8. The molecule has 1 aliphatic heterocycles. The number of para-hydroxylation sites is 1. The van der Waals surface area contributed by atoms with Crippen molar-refractivity contribution in [3.63, 3.8) is 0 Å². The number of amides is 2. The number of aromatic nitrogens is 1. The summed E-state index contributed by atoms with van der Waals surface area (Å²) in [6, 6.07) is 7.87. The Morgan fingerprint density at radius 2 is 2.00 bits per heavy atom. The fourth-order valence-corrected chi connectivity index (χ4v) is 4.59. The second-order valence-corrected chi connectivity index (χ2v) is 8.59. The monoisotopic (exact) mass is 409 g/mol. The van der Waals surface area contributed by atoms with Gasteiger partial charge in [-0.25, -0.2) is 4.98 Å². The van der Waals surface area contributed by atoms with Crippen LogP contribution in [0.2, 0.25) is 0 Å². The number of hydrogen-bond donors (Lipinski definition) is 1. The summed E-state index contributed by atoms with van der Waals surface area (Å²) in [5.74, 6) is -0.158. The van der Waals surface area contributed by atoms with Crippen LogP contribution in [0.15, 0.2) is 24.3 Å². The Hall–Kier alpha value is -2.47. The summed E-state index contributed by atoms with van der Waals surface area (Å²) in [6.07, 6.45) is 6.57. The Labute approximate surface area is 178 Å². The zero-order chi connectivity index (χ0) is 21.1. The molecule has 0 spiro atoms. The van der Waals surface area contributed by atoms with Crippen LogP contribution in [0.3, 0.4) is 0 Å². The molecule has 0 radical (unpaired) electrons. The van der Waals surface area contributed by atoms with Crippen molar-refractivity contribution in [1.29, 1.82) is 0 Å². The average Bonchev–Trinajstić information content (AvgIpc) is 3.08. The van der Waals surface area contributed by atoms with E-state index in [4.69, 9.17) is 4.74 Å². The third-order valence-electron chi connectivity index (χ3n) is 6.09. The summed E-state index contributed by atoms with van der Waals surface area (Å²) in [7, 11) is 0. The lowest BCUT2D eigenvalue weighted by Crippen LogP contribution is -2.37. The van der Waals surface area contributed by atoms with Gasteiger partial charge in [-0.1, -0.05) is 37.5 Å². The fourth-order valence-electron chi connectivity index (χ4n) is 4.59. The van der Waals surface area contributed by atoms with Crippen LogP contribution in [-0.4, -0.2) is 47.0 Å². The predicted octanol–water partition coefficient (Wildman–Crippen LogP) is 4.07. The van der Waals surface area contributed by atoms with Crippen molar-refractivity contribution in [2.24, 2.45) is 0 Å². The van der Waals surface area contributed by atoms with Gasteiger partial charge < -0.3 is 15.0 Å². The minimum absolute atomic E-state index is 0.0259. The van der Waals surface area contributed by atoms with Crippen LogP contribution < -0.4 is 5.32 Å². The molecule has 1 aromatic heterocycles. The highest BCUT2D eigenvalue weighted by molar-refractivity contribution is 6.11. The Morgan fingerprint density at radius 3 is 2.77 bits per heavy atom. The number of benzene rings is 1. The normalized spacial score (nSPS) is 17.0. The van der Waals surface area contributed by atoms with E-state index in [1.807, 2.05) is 43.0 Å². The molecular weight excluding hydrogens is 378 g/mol. The maximum atomic E-state index is 13.2. The molecule has 0 saturated heterocycles. The molecule has 0 unspecified atom stereocenters. The maximum absolute atomic E-state index is 13.2. The summed E-state index contributed by atoms with van der Waals surface area (Å²) in [5, 5.41) is 3.84. The van der Waals surface area contributed by atoms with E-state index in [1.165, 1.54) is 6.42 Å². The van der Waals surface area contributed by atoms with Crippen molar-refractivity contribution in [1.82, 2.24) is 15.2 Å². The molecule has 0 atom stereocenters. The number of carbonyl (C=O) groups is 2. The fraction of sp³-hybridized carbons (Fsp3) is 0.542. The van der Waals surface area contributed by atoms with Crippen LogP contribution in [0, 0.1) is 0 Å². The Balaban J connectivity index is 1.60. The van der Waals surface area contributed by atoms with E-state index in [0.717, 1.165) is 43.1 Å². The van der Waals surface area contributed by atoms with Crippen molar-refractivity contribution >= 4 is 22.7 Å². The van der Waals surface area contributed by atoms with Crippen molar-refractivity contribution in [3.8, 4) is 0 Å². The van der Waals surface area contributed by atoms with Gasteiger partial charge in [-0.3, -0.25) is 9.59 Å². The van der Waals surface area contributed by atoms with E-state index in [-0.39, 0.29) is 24.0 Å². The molecule has 30 heavy (non-hydrogen) atoms. The van der Waals surface area contributed by atoms with Crippen LogP contribution >= 0.6 is 0 Å². The van der Waals surface area contributed by atoms with E-state index in [0.29, 0.717) is 36.5 Å². The summed E-state index contributed by atoms with van der Waals surface area (Å²) in [4.78, 5) is 33.0. The Morgan fingerprint density at radius 1 is 1.23 bits per heavy atom. The van der Waals surface area contributed by atoms with Gasteiger partial charge in [-0.05, 0) is 39.2 Å². The third kappa shape index (κ3) is 4.19. The lowest BCUT2D eigenvalue weighted by atomic mass is 9.94. The Kier molecular flexibility index (Phi) is 6.32. The van der Waals surface area contributed by atoms with Crippen LogP contribution in [0.4, 0.5) is 0 Å². The molecule has 0 bridgehead atoms. The molecule has 2 aromatic rings. The van der Waals surface area contributed by atoms with E-state index >= 15 is 0 Å². The number of carbonyl (C=O) groups excluding carboxylic acids is 2. The molecule has 160 valence electrons. The maximum Gasteiger partial charge on any atom is 0.273 e. The second kappa shape index (κ2) is 9.13. The molecule has 1 aliphatic carbocycles. The average molecular weight is 410 g/mol. The quantitative estimate of drug-likeness (QED) is 0.700. The molecule has 6 heteroatoms. The first-order valence-electron chi connectivity index (χ1n) is 11.2. The number of pyridine rings is 1. The molecule has 1 N–H and O–H groups in total. The number of nitrogens with one attached hydrogen (secondary N) is 1. The van der Waals surface area contributed by atoms with Gasteiger partial charge in [0.25, 0.3) is 11.8 Å². The summed E-state index contributed by atoms with van der Waals surface area (Å²) in [6.45, 7) is 5.63. The highest BCUT2D eigenvalue weighted by atomic mass is 16.5. The number of rotatable bonds is 7. The summed E-state index contributed by atoms with van der Waals surface area (Å²) >= 11 is 0. The highest BCUT2D eigenvalue weighted by Gasteiger charge is 2.37. The van der Waals surface area contributed by atoms with Crippen LogP contribution in [0.25, 0.3) is 10.9 Å². The van der Waals surface area contributed by atoms with Gasteiger partial charge in [0, 0.05) is 36.7 Å². The van der Waals surface area contributed by atoms with Gasteiger partial charge >= 0.3 is 0 Å². The van der Waals surface area contributed by atoms with Crippen molar-refractivity contribution in [2.45, 2.75) is 71.1 Å². The summed E-state index contributed by atoms with van der Waals surface area (Å²) in [5.41, 5.74) is 2.53. The number of ether oxygens (including phenoxy) is 1. The van der Waals surface area contributed by atoms with Crippen molar-refractivity contribution in [3.05, 3.63) is 41.1 Å². The first-order chi connectivity index (χ1) is 14.6. The second-order valence-electron chi connectivity index (χ2n) is 8.59. The molecule has 1 saturated carbocycles. The molecular formula is C24H31N3O3. The number of fused-ring (bicyclic) bond motifs is 2. The lowest BCUT2D eigenvalue weighted by molar-refractivity contribution is 0.0654. The molecule has 6 nitrogen and oxygen atoms in total. The van der Waals surface area contributed by atoms with E-state index in [2.05, 4.69) is 10.3 Å². The smallest absolute Gasteiger partial charge is 0.273 e. The minimum atomic E-state index is -0.132. The molecule has 2 amide bonds. The van der Waals surface area contributed by atoms with Crippen molar-refractivity contribution in [2.75, 3.05) is 13.2 Å². The minimum Gasteiger partial charge on any atom is -0.379 e. The molecule has 1 fully saturated rings. The first-order valence-corrected chi connectivity index (χ1v) is 11.2. The number of hydrogen-bond acceptors (Lipinski definition) is 4. The molecule has 2 aliphatic rings. The summed E-state index contributed by atoms with van der Waals surface area (Å²) < 4.78 is 5.56. The van der Waals surface area contributed by atoms with Gasteiger partial charge in [0.2, 0.25) is 0 Å². The lowest BCUT2D eigenvalue weighted by Gasteiger charge is -2.30. The molecule has 2 heterocycles. The van der Waals surface area contributed by atoms with Crippen LogP contribution in [0.1, 0.15) is 78.8 Å². The number of nitrogens with zero attached hydrogens (tertiary/aromatic N) is 2. The van der Waals surface area contributed by atoms with E-state index in [1.54, 1.807) is 0 Å². The van der Waals surface area contributed by atoms with E-state index < -0.39 is 0 Å². The van der Waals surface area contributed by atoms with E-state index in [9.17, 15) is 9.59 Å². The predicted molar refractivity (Wildman–Crippen MR) is 117 cm³/mol. The van der Waals surface area contributed by atoms with Crippen LogP contribution in [0.5, 0.6) is 0 Å². The van der Waals surface area contributed by atoms with Gasteiger partial charge in [0.05, 0.1) is 17.2 Å². The zero-order valence-electron chi connectivity index (χ0n) is 17.9. The van der Waals surface area contributed by atoms with Gasteiger partial charge in [0.1, 0.15) is 5.69 Å². The van der Waals surface area contributed by atoms with Gasteiger partial charge in [-0.2, -0.15) is 0 Å². The standard InChI is InChI=1S/C24H31N3O3/c1-16(2)30-14-8-13-25-23(28)21-18-11-6-7-12-20(18)26-22-19(21)15-27(24(22)29)17-9-4-3-5-10-17/h6-7,11-12,16-17H,3-5,8-10,13-15H2,1-2H3,(H,25,28). The third-order valence-corrected chi connectivity index (χ3v) is 6.09. The SMILES string of the molecule is CC(C)OCCCNC(=O)c1c2c(nc3ccccc13)C(=O)N(C1CCCCC1)C2. The highest BCUT2D eigenvalue weighted by Crippen LogP contribution is 2.34. The largest absolute Gasteiger partial charge is 0.379 e. The zero-order valence-corrected chi connectivity index (χ0v) is 17.9. The Bertz CT molecular complexity index is 935. The topological polar surface area (TPSA) is 71.5 Å². The van der Waals surface area contributed by atoms with Gasteiger partial charge in [-0.15, -0.1) is 0 Å².